The first-order valence-corrected chi connectivity index (χ1v) is 6.39. The van der Waals surface area contributed by atoms with Crippen molar-refractivity contribution in [2.45, 2.75) is 13.3 Å². The number of furan rings is 1. The summed E-state index contributed by atoms with van der Waals surface area (Å²) in [4.78, 5) is 24.7. The van der Waals surface area contributed by atoms with Crippen molar-refractivity contribution in [3.63, 3.8) is 0 Å². The Morgan fingerprint density at radius 3 is 2.38 bits per heavy atom. The predicted molar refractivity (Wildman–Crippen MR) is 75.3 cm³/mol. The maximum atomic E-state index is 13.0. The second kappa shape index (κ2) is 6.21. The number of anilines is 1. The fraction of sp³-hybridized carbons (Fsp3) is 0.200. The molecule has 0 aliphatic carbocycles. The van der Waals surface area contributed by atoms with Crippen molar-refractivity contribution in [3.05, 3.63) is 53.7 Å². The van der Waals surface area contributed by atoms with Crippen LogP contribution in [-0.4, -0.2) is 18.4 Å². The highest BCUT2D eigenvalue weighted by atomic mass is 19.1. The fourth-order valence-electron chi connectivity index (χ4n) is 1.87. The largest absolute Gasteiger partial charge is 0.456 e. The smallest absolute Gasteiger partial charge is 0.293 e. The van der Waals surface area contributed by atoms with Gasteiger partial charge in [-0.2, -0.15) is 0 Å². The first-order valence-electron chi connectivity index (χ1n) is 6.39. The molecule has 0 unspecified atom stereocenters. The lowest BCUT2D eigenvalue weighted by molar-refractivity contribution is -0.117. The van der Waals surface area contributed by atoms with Crippen molar-refractivity contribution in [2.24, 2.45) is 5.73 Å². The number of nitrogens with zero attached hydrogens (tertiary/aromatic N) is 1. The van der Waals surface area contributed by atoms with E-state index in [1.54, 1.807) is 19.1 Å². The number of primary amides is 1. The Morgan fingerprint density at radius 1 is 1.19 bits per heavy atom. The fourth-order valence-corrected chi connectivity index (χ4v) is 1.87. The van der Waals surface area contributed by atoms with Gasteiger partial charge in [0.1, 0.15) is 11.6 Å². The van der Waals surface area contributed by atoms with Gasteiger partial charge >= 0.3 is 0 Å². The lowest BCUT2D eigenvalue weighted by Gasteiger charge is -2.21. The minimum absolute atomic E-state index is 0.00278. The quantitative estimate of drug-likeness (QED) is 0.917. The zero-order chi connectivity index (χ0) is 15.4. The number of halogens is 1. The summed E-state index contributed by atoms with van der Waals surface area (Å²) in [5.41, 5.74) is 5.59. The second-order valence-corrected chi connectivity index (χ2v) is 4.56. The molecule has 0 saturated heterocycles. The van der Waals surface area contributed by atoms with Crippen LogP contribution >= 0.6 is 0 Å². The number of aryl methyl sites for hydroxylation is 1. The number of hydrogen-bond acceptors (Lipinski definition) is 3. The average Bonchev–Trinajstić information content (AvgIpc) is 2.87. The van der Waals surface area contributed by atoms with Gasteiger partial charge in [0.25, 0.3) is 5.91 Å². The molecule has 1 aromatic carbocycles. The normalized spacial score (nSPS) is 10.4. The highest BCUT2D eigenvalue weighted by Gasteiger charge is 2.21. The Morgan fingerprint density at radius 2 is 1.86 bits per heavy atom. The minimum atomic E-state index is -0.523. The van der Waals surface area contributed by atoms with Crippen molar-refractivity contribution < 1.29 is 18.4 Å². The molecule has 0 radical (unpaired) electrons. The third-order valence-corrected chi connectivity index (χ3v) is 2.92. The molecule has 0 bridgehead atoms. The molecule has 2 N–H and O–H groups in total. The van der Waals surface area contributed by atoms with E-state index in [-0.39, 0.29) is 18.7 Å². The maximum absolute atomic E-state index is 13.0. The molecule has 0 fully saturated rings. The van der Waals surface area contributed by atoms with Crippen LogP contribution in [-0.2, 0) is 4.79 Å². The van der Waals surface area contributed by atoms with Crippen LogP contribution < -0.4 is 10.6 Å². The molecular weight excluding hydrogens is 275 g/mol. The summed E-state index contributed by atoms with van der Waals surface area (Å²) in [7, 11) is 0. The SMILES string of the molecule is Cc1ccc(C(=O)N(CCC(N)=O)c2ccc(F)cc2)o1. The third kappa shape index (κ3) is 3.68. The maximum Gasteiger partial charge on any atom is 0.293 e. The van der Waals surface area contributed by atoms with Crippen LogP contribution in [0.2, 0.25) is 0 Å². The Bertz CT molecular complexity index is 649. The summed E-state index contributed by atoms with van der Waals surface area (Å²) in [6, 6.07) is 8.64. The van der Waals surface area contributed by atoms with Crippen LogP contribution in [0, 0.1) is 12.7 Å². The van der Waals surface area contributed by atoms with Crippen LogP contribution in [0.4, 0.5) is 10.1 Å². The van der Waals surface area contributed by atoms with Gasteiger partial charge in [-0.25, -0.2) is 4.39 Å². The number of benzene rings is 1. The monoisotopic (exact) mass is 290 g/mol. The van der Waals surface area contributed by atoms with Gasteiger partial charge in [0.05, 0.1) is 0 Å². The summed E-state index contributed by atoms with van der Waals surface area (Å²) in [6.45, 7) is 1.82. The number of amides is 2. The molecule has 0 aliphatic rings. The van der Waals surface area contributed by atoms with Gasteiger partial charge in [0, 0.05) is 18.7 Å². The lowest BCUT2D eigenvalue weighted by Crippen LogP contribution is -2.33. The van der Waals surface area contributed by atoms with Crippen LogP contribution in [0.15, 0.2) is 40.8 Å². The van der Waals surface area contributed by atoms with Gasteiger partial charge in [-0.1, -0.05) is 0 Å². The Labute approximate surface area is 121 Å². The number of hydrogen-bond donors (Lipinski definition) is 1. The van der Waals surface area contributed by atoms with Crippen LogP contribution in [0.3, 0.4) is 0 Å². The Balaban J connectivity index is 2.28. The van der Waals surface area contributed by atoms with Crippen molar-refractivity contribution in [3.8, 4) is 0 Å². The van der Waals surface area contributed by atoms with E-state index >= 15 is 0 Å². The zero-order valence-corrected chi connectivity index (χ0v) is 11.5. The second-order valence-electron chi connectivity index (χ2n) is 4.56. The van der Waals surface area contributed by atoms with Crippen LogP contribution in [0.5, 0.6) is 0 Å². The molecule has 2 rings (SSSR count). The number of nitrogens with two attached hydrogens (primary N) is 1. The van der Waals surface area contributed by atoms with Crippen molar-refractivity contribution in [2.75, 3.05) is 11.4 Å². The molecular formula is C15H15FN2O3. The summed E-state index contributed by atoms with van der Waals surface area (Å²) in [5.74, 6) is -0.579. The molecule has 6 heteroatoms. The van der Waals surface area contributed by atoms with E-state index < -0.39 is 17.6 Å². The van der Waals surface area contributed by atoms with Crippen molar-refractivity contribution >= 4 is 17.5 Å². The van der Waals surface area contributed by atoms with E-state index in [1.165, 1.54) is 29.2 Å². The highest BCUT2D eigenvalue weighted by Crippen LogP contribution is 2.19. The molecule has 2 amide bonds. The molecule has 0 saturated carbocycles. The molecule has 1 aromatic heterocycles. The van der Waals surface area contributed by atoms with Gasteiger partial charge in [-0.3, -0.25) is 9.59 Å². The van der Waals surface area contributed by atoms with Crippen LogP contribution in [0.25, 0.3) is 0 Å². The molecule has 21 heavy (non-hydrogen) atoms. The number of carbonyl (C=O) groups is 2. The van der Waals surface area contributed by atoms with Crippen molar-refractivity contribution in [1.82, 2.24) is 0 Å². The summed E-state index contributed by atoms with van der Waals surface area (Å²) < 4.78 is 18.3. The van der Waals surface area contributed by atoms with Crippen molar-refractivity contribution in [1.29, 1.82) is 0 Å². The van der Waals surface area contributed by atoms with E-state index in [2.05, 4.69) is 0 Å². The first kappa shape index (κ1) is 14.8. The first-order chi connectivity index (χ1) is 9.97. The van der Waals surface area contributed by atoms with Gasteiger partial charge < -0.3 is 15.1 Å². The molecule has 0 spiro atoms. The number of carbonyl (C=O) groups excluding carboxylic acids is 2. The van der Waals surface area contributed by atoms with Gasteiger partial charge in [-0.05, 0) is 43.3 Å². The van der Waals surface area contributed by atoms with E-state index in [0.29, 0.717) is 11.4 Å². The third-order valence-electron chi connectivity index (χ3n) is 2.92. The Kier molecular flexibility index (Phi) is 4.37. The predicted octanol–water partition coefficient (Wildman–Crippen LogP) is 2.25. The Hall–Kier alpha value is -2.63. The summed E-state index contributed by atoms with van der Waals surface area (Å²) >= 11 is 0. The van der Waals surface area contributed by atoms with E-state index in [9.17, 15) is 14.0 Å². The topological polar surface area (TPSA) is 76.5 Å². The molecule has 5 nitrogen and oxygen atoms in total. The van der Waals surface area contributed by atoms with E-state index in [4.69, 9.17) is 10.2 Å². The summed E-state index contributed by atoms with van der Waals surface area (Å²) in [5, 5.41) is 0. The lowest BCUT2D eigenvalue weighted by atomic mass is 10.2. The molecule has 2 aromatic rings. The minimum Gasteiger partial charge on any atom is -0.456 e. The molecule has 110 valence electrons. The number of rotatable bonds is 5. The molecule has 1 heterocycles. The highest BCUT2D eigenvalue weighted by molar-refractivity contribution is 6.04. The van der Waals surface area contributed by atoms with E-state index in [1.807, 2.05) is 0 Å². The standard InChI is InChI=1S/C15H15FN2O3/c1-10-2-7-13(21-10)15(20)18(9-8-14(17)19)12-5-3-11(16)4-6-12/h2-7H,8-9H2,1H3,(H2,17,19). The average molecular weight is 290 g/mol. The van der Waals surface area contributed by atoms with Crippen LogP contribution in [0.1, 0.15) is 22.7 Å². The van der Waals surface area contributed by atoms with Gasteiger partial charge in [0.2, 0.25) is 5.91 Å². The van der Waals surface area contributed by atoms with Gasteiger partial charge in [-0.15, -0.1) is 0 Å². The molecule has 0 atom stereocenters. The summed E-state index contributed by atoms with van der Waals surface area (Å²) in [6.07, 6.45) is 0.00278. The van der Waals surface area contributed by atoms with Gasteiger partial charge in [0.15, 0.2) is 5.76 Å². The molecule has 0 aliphatic heterocycles. The zero-order valence-electron chi connectivity index (χ0n) is 11.5. The van der Waals surface area contributed by atoms with E-state index in [0.717, 1.165) is 0 Å².